The molecule has 0 amide bonds. The molecular formula is C9H8N2O5. The molecule has 1 aromatic rings. The van der Waals surface area contributed by atoms with Gasteiger partial charge in [-0.1, -0.05) is 5.16 Å². The van der Waals surface area contributed by atoms with Crippen LogP contribution in [0.2, 0.25) is 0 Å². The van der Waals surface area contributed by atoms with Crippen molar-refractivity contribution in [2.45, 2.75) is 12.8 Å². The Labute approximate surface area is 89.4 Å². The standard InChI is InChI=1S/C9H8N2O5/c12-6-3-4-1-2-5(10-14)7(4)8(9(6)13)11(15)16/h3,12-14H,1-2H2/b10-5+. The Morgan fingerprint density at radius 3 is 2.62 bits per heavy atom. The van der Waals surface area contributed by atoms with Gasteiger partial charge in [0.25, 0.3) is 0 Å². The van der Waals surface area contributed by atoms with Crippen molar-refractivity contribution in [3.05, 3.63) is 27.3 Å². The quantitative estimate of drug-likeness (QED) is 0.286. The minimum absolute atomic E-state index is 0.0998. The summed E-state index contributed by atoms with van der Waals surface area (Å²) < 4.78 is 0. The zero-order valence-corrected chi connectivity index (χ0v) is 8.04. The first kappa shape index (κ1) is 10.2. The summed E-state index contributed by atoms with van der Waals surface area (Å²) in [4.78, 5) is 9.99. The SMILES string of the molecule is O=[N+]([O-])c1c(O)c(O)cc2c1/C(=N/O)CC2. The highest BCUT2D eigenvalue weighted by molar-refractivity contribution is 6.08. The van der Waals surface area contributed by atoms with Gasteiger partial charge < -0.3 is 15.4 Å². The molecule has 0 heterocycles. The number of nitro benzene ring substituents is 1. The van der Waals surface area contributed by atoms with Crippen LogP contribution < -0.4 is 0 Å². The van der Waals surface area contributed by atoms with Crippen LogP contribution in [0.15, 0.2) is 11.2 Å². The normalized spacial score (nSPS) is 16.4. The highest BCUT2D eigenvalue weighted by Crippen LogP contribution is 2.43. The first-order valence-corrected chi connectivity index (χ1v) is 4.49. The molecule has 3 N–H and O–H groups in total. The fraction of sp³-hybridized carbons (Fsp3) is 0.222. The van der Waals surface area contributed by atoms with Crippen molar-refractivity contribution in [3.63, 3.8) is 0 Å². The third-order valence-corrected chi connectivity index (χ3v) is 2.56. The van der Waals surface area contributed by atoms with Crippen LogP contribution in [0.5, 0.6) is 11.5 Å². The van der Waals surface area contributed by atoms with Gasteiger partial charge in [-0.05, 0) is 24.5 Å². The lowest BCUT2D eigenvalue weighted by atomic mass is 10.1. The second-order valence-electron chi connectivity index (χ2n) is 3.43. The molecule has 1 aliphatic rings. The molecule has 0 saturated heterocycles. The molecule has 0 saturated carbocycles. The van der Waals surface area contributed by atoms with Crippen molar-refractivity contribution in [1.29, 1.82) is 0 Å². The van der Waals surface area contributed by atoms with E-state index in [0.717, 1.165) is 0 Å². The molecular weight excluding hydrogens is 216 g/mol. The Hall–Kier alpha value is -2.31. The van der Waals surface area contributed by atoms with E-state index in [2.05, 4.69) is 5.16 Å². The van der Waals surface area contributed by atoms with Gasteiger partial charge in [-0.15, -0.1) is 0 Å². The number of phenols is 2. The van der Waals surface area contributed by atoms with E-state index < -0.39 is 22.1 Å². The number of nitro groups is 1. The number of hydrogen-bond acceptors (Lipinski definition) is 6. The predicted octanol–water partition coefficient (Wildman–Crippen LogP) is 1.13. The van der Waals surface area contributed by atoms with Crippen molar-refractivity contribution < 1.29 is 20.3 Å². The number of rotatable bonds is 1. The first-order chi connectivity index (χ1) is 7.56. The van der Waals surface area contributed by atoms with Crippen LogP contribution in [0.1, 0.15) is 17.5 Å². The monoisotopic (exact) mass is 224 g/mol. The number of nitrogens with zero attached hydrogens (tertiary/aromatic N) is 2. The molecule has 16 heavy (non-hydrogen) atoms. The van der Waals surface area contributed by atoms with E-state index in [1.165, 1.54) is 6.07 Å². The second kappa shape index (κ2) is 3.37. The van der Waals surface area contributed by atoms with Crippen LogP contribution in [-0.4, -0.2) is 26.1 Å². The zero-order chi connectivity index (χ0) is 11.9. The van der Waals surface area contributed by atoms with Crippen LogP contribution in [0, 0.1) is 10.1 Å². The van der Waals surface area contributed by atoms with E-state index in [0.29, 0.717) is 18.4 Å². The van der Waals surface area contributed by atoms with Gasteiger partial charge in [-0.3, -0.25) is 10.1 Å². The van der Waals surface area contributed by atoms with Crippen molar-refractivity contribution in [3.8, 4) is 11.5 Å². The smallest absolute Gasteiger partial charge is 0.324 e. The van der Waals surface area contributed by atoms with Gasteiger partial charge in [0.05, 0.1) is 16.2 Å². The van der Waals surface area contributed by atoms with Crippen LogP contribution in [0.3, 0.4) is 0 Å². The van der Waals surface area contributed by atoms with Gasteiger partial charge in [0, 0.05) is 0 Å². The van der Waals surface area contributed by atoms with Crippen molar-refractivity contribution in [2.75, 3.05) is 0 Å². The molecule has 0 fully saturated rings. The molecule has 7 heteroatoms. The summed E-state index contributed by atoms with van der Waals surface area (Å²) in [5.74, 6) is -1.34. The maximum atomic E-state index is 10.8. The third-order valence-electron chi connectivity index (χ3n) is 2.56. The maximum Gasteiger partial charge on any atom is 0.324 e. The average Bonchev–Trinajstić information content (AvgIpc) is 2.61. The van der Waals surface area contributed by atoms with Crippen molar-refractivity contribution in [2.24, 2.45) is 5.16 Å². The molecule has 0 bridgehead atoms. The summed E-state index contributed by atoms with van der Waals surface area (Å²) in [5.41, 5.74) is 0.134. The number of fused-ring (bicyclic) bond motifs is 1. The Morgan fingerprint density at radius 2 is 2.06 bits per heavy atom. The zero-order valence-electron chi connectivity index (χ0n) is 8.04. The lowest BCUT2D eigenvalue weighted by Crippen LogP contribution is -2.01. The largest absolute Gasteiger partial charge is 0.504 e. The van der Waals surface area contributed by atoms with Gasteiger partial charge >= 0.3 is 5.69 Å². The fourth-order valence-electron chi connectivity index (χ4n) is 1.87. The lowest BCUT2D eigenvalue weighted by molar-refractivity contribution is -0.386. The summed E-state index contributed by atoms with van der Waals surface area (Å²) in [7, 11) is 0. The molecule has 7 nitrogen and oxygen atoms in total. The minimum atomic E-state index is -0.801. The minimum Gasteiger partial charge on any atom is -0.504 e. The van der Waals surface area contributed by atoms with E-state index in [-0.39, 0.29) is 11.3 Å². The summed E-state index contributed by atoms with van der Waals surface area (Å²) in [6, 6.07) is 1.25. The van der Waals surface area contributed by atoms with Crippen LogP contribution in [0.4, 0.5) is 5.69 Å². The van der Waals surface area contributed by atoms with E-state index in [1.807, 2.05) is 0 Å². The number of hydrogen-bond donors (Lipinski definition) is 3. The lowest BCUT2D eigenvalue weighted by Gasteiger charge is -2.05. The number of aryl methyl sites for hydroxylation is 1. The van der Waals surface area contributed by atoms with Gasteiger partial charge in [0.1, 0.15) is 0 Å². The molecule has 1 aliphatic carbocycles. The Balaban J connectivity index is 2.80. The fourth-order valence-corrected chi connectivity index (χ4v) is 1.87. The highest BCUT2D eigenvalue weighted by atomic mass is 16.6. The molecule has 84 valence electrons. The first-order valence-electron chi connectivity index (χ1n) is 4.49. The number of benzene rings is 1. The van der Waals surface area contributed by atoms with E-state index >= 15 is 0 Å². The number of aromatic hydroxyl groups is 2. The van der Waals surface area contributed by atoms with Gasteiger partial charge in [-0.25, -0.2) is 0 Å². The van der Waals surface area contributed by atoms with Crippen LogP contribution >= 0.6 is 0 Å². The summed E-state index contributed by atoms with van der Waals surface area (Å²) in [5, 5.41) is 41.2. The van der Waals surface area contributed by atoms with Crippen LogP contribution in [-0.2, 0) is 6.42 Å². The third kappa shape index (κ3) is 1.25. The molecule has 1 aromatic carbocycles. The molecule has 2 rings (SSSR count). The van der Waals surface area contributed by atoms with Crippen LogP contribution in [0.25, 0.3) is 0 Å². The summed E-state index contributed by atoms with van der Waals surface area (Å²) in [6.45, 7) is 0. The van der Waals surface area contributed by atoms with E-state index in [4.69, 9.17) is 5.21 Å². The molecule has 0 spiro atoms. The van der Waals surface area contributed by atoms with Gasteiger partial charge in [0.15, 0.2) is 5.75 Å². The molecule has 0 aromatic heterocycles. The van der Waals surface area contributed by atoms with E-state index in [9.17, 15) is 20.3 Å². The number of oxime groups is 1. The Kier molecular flexibility index (Phi) is 2.15. The topological polar surface area (TPSA) is 116 Å². The average molecular weight is 224 g/mol. The summed E-state index contributed by atoms with van der Waals surface area (Å²) >= 11 is 0. The Morgan fingerprint density at radius 1 is 1.38 bits per heavy atom. The number of phenolic OH excluding ortho intramolecular Hbond substituents is 2. The molecule has 0 atom stereocenters. The second-order valence-corrected chi connectivity index (χ2v) is 3.43. The van der Waals surface area contributed by atoms with Gasteiger partial charge in [-0.2, -0.15) is 0 Å². The predicted molar refractivity (Wildman–Crippen MR) is 53.1 cm³/mol. The Bertz CT molecular complexity index is 509. The molecule has 0 radical (unpaired) electrons. The molecule has 0 unspecified atom stereocenters. The maximum absolute atomic E-state index is 10.8. The van der Waals surface area contributed by atoms with Gasteiger partial charge in [0.2, 0.25) is 5.75 Å². The highest BCUT2D eigenvalue weighted by Gasteiger charge is 2.33. The molecule has 0 aliphatic heterocycles. The van der Waals surface area contributed by atoms with Crippen molar-refractivity contribution >= 4 is 11.4 Å². The van der Waals surface area contributed by atoms with Crippen molar-refractivity contribution in [1.82, 2.24) is 0 Å². The van der Waals surface area contributed by atoms with E-state index in [1.54, 1.807) is 0 Å². The summed E-state index contributed by atoms with van der Waals surface area (Å²) in [6.07, 6.45) is 0.777.